The monoisotopic (exact) mass is 342 g/mol. The van der Waals surface area contributed by atoms with E-state index in [9.17, 15) is 4.39 Å². The van der Waals surface area contributed by atoms with E-state index in [1.165, 1.54) is 0 Å². The molecule has 0 bridgehead atoms. The van der Waals surface area contributed by atoms with Crippen molar-refractivity contribution < 1.29 is 9.13 Å². The normalized spacial score (nSPS) is 19.8. The molecule has 122 valence electrons. The number of rotatable bonds is 4. The quantitative estimate of drug-likeness (QED) is 0.678. The molecule has 0 saturated heterocycles. The molecule has 4 rings (SSSR count). The lowest BCUT2D eigenvalue weighted by Crippen LogP contribution is -2.34. The third-order valence-electron chi connectivity index (χ3n) is 4.14. The predicted molar refractivity (Wildman–Crippen MR) is 95.0 cm³/mol. The third-order valence-corrected chi connectivity index (χ3v) is 4.44. The van der Waals surface area contributed by atoms with Crippen LogP contribution in [0.15, 0.2) is 54.6 Å². The highest BCUT2D eigenvalue weighted by atomic mass is 35.5. The second-order valence-electron chi connectivity index (χ2n) is 5.97. The average molecular weight is 343 g/mol. The van der Waals surface area contributed by atoms with Gasteiger partial charge in [-0.2, -0.15) is 0 Å². The van der Waals surface area contributed by atoms with Crippen LogP contribution in [-0.4, -0.2) is 17.3 Å². The van der Waals surface area contributed by atoms with E-state index in [-0.39, 0.29) is 6.10 Å². The first-order chi connectivity index (χ1) is 11.7. The van der Waals surface area contributed by atoms with Gasteiger partial charge < -0.3 is 10.1 Å². The molecule has 24 heavy (non-hydrogen) atoms. The number of pyridine rings is 1. The van der Waals surface area contributed by atoms with Gasteiger partial charge in [-0.15, -0.1) is 0 Å². The number of para-hydroxylation sites is 1. The highest BCUT2D eigenvalue weighted by Crippen LogP contribution is 2.29. The van der Waals surface area contributed by atoms with Gasteiger partial charge in [0.1, 0.15) is 23.8 Å². The molecule has 1 aliphatic carbocycles. The number of halogens is 2. The van der Waals surface area contributed by atoms with E-state index in [1.807, 2.05) is 54.6 Å². The number of fused-ring (bicyclic) bond motifs is 1. The van der Waals surface area contributed by atoms with Gasteiger partial charge in [-0.05, 0) is 42.5 Å². The SMILES string of the molecule is FC1CC(Oc2ccc(Nc3ccc4cccc(Cl)c4n3)cc2)C1. The van der Waals surface area contributed by atoms with Crippen LogP contribution in [0, 0.1) is 0 Å². The summed E-state index contributed by atoms with van der Waals surface area (Å²) < 4.78 is 18.5. The fraction of sp³-hybridized carbons (Fsp3) is 0.211. The Morgan fingerprint density at radius 3 is 2.58 bits per heavy atom. The van der Waals surface area contributed by atoms with Crippen LogP contribution in [0.25, 0.3) is 10.9 Å². The van der Waals surface area contributed by atoms with Crippen LogP contribution in [-0.2, 0) is 0 Å². The zero-order valence-electron chi connectivity index (χ0n) is 12.9. The molecular weight excluding hydrogens is 327 g/mol. The molecule has 1 fully saturated rings. The van der Waals surface area contributed by atoms with Crippen LogP contribution in [0.3, 0.4) is 0 Å². The van der Waals surface area contributed by atoms with Gasteiger partial charge in [-0.3, -0.25) is 0 Å². The third kappa shape index (κ3) is 3.15. The molecule has 0 spiro atoms. The van der Waals surface area contributed by atoms with Crippen molar-refractivity contribution in [3.8, 4) is 5.75 Å². The summed E-state index contributed by atoms with van der Waals surface area (Å²) in [6.45, 7) is 0. The van der Waals surface area contributed by atoms with E-state index < -0.39 is 6.17 Å². The summed E-state index contributed by atoms with van der Waals surface area (Å²) >= 11 is 6.20. The lowest BCUT2D eigenvalue weighted by atomic mass is 9.94. The number of anilines is 2. The number of benzene rings is 2. The van der Waals surface area contributed by atoms with E-state index in [1.54, 1.807) is 0 Å². The molecule has 0 unspecified atom stereocenters. The molecule has 0 aliphatic heterocycles. The molecule has 3 aromatic rings. The van der Waals surface area contributed by atoms with Crippen LogP contribution < -0.4 is 10.1 Å². The van der Waals surface area contributed by atoms with Crippen LogP contribution in [0.4, 0.5) is 15.9 Å². The average Bonchev–Trinajstić information content (AvgIpc) is 2.56. The first-order valence-electron chi connectivity index (χ1n) is 7.90. The van der Waals surface area contributed by atoms with Gasteiger partial charge in [0.15, 0.2) is 0 Å². The number of hydrogen-bond donors (Lipinski definition) is 1. The van der Waals surface area contributed by atoms with Gasteiger partial charge in [0.2, 0.25) is 0 Å². The van der Waals surface area contributed by atoms with Crippen molar-refractivity contribution in [2.75, 3.05) is 5.32 Å². The smallest absolute Gasteiger partial charge is 0.131 e. The molecule has 1 heterocycles. The van der Waals surface area contributed by atoms with E-state index in [2.05, 4.69) is 10.3 Å². The molecule has 0 radical (unpaired) electrons. The molecule has 0 atom stereocenters. The van der Waals surface area contributed by atoms with E-state index >= 15 is 0 Å². The van der Waals surface area contributed by atoms with E-state index in [0.717, 1.165) is 28.2 Å². The first kappa shape index (κ1) is 15.2. The van der Waals surface area contributed by atoms with Crippen LogP contribution in [0.2, 0.25) is 5.02 Å². The maximum Gasteiger partial charge on any atom is 0.131 e. The molecular formula is C19H16ClFN2O. The van der Waals surface area contributed by atoms with Crippen molar-refractivity contribution in [3.05, 3.63) is 59.6 Å². The Kier molecular flexibility index (Phi) is 3.98. The molecule has 3 nitrogen and oxygen atoms in total. The fourth-order valence-corrected chi connectivity index (χ4v) is 2.96. The van der Waals surface area contributed by atoms with E-state index in [0.29, 0.717) is 17.9 Å². The summed E-state index contributed by atoms with van der Waals surface area (Å²) in [6, 6.07) is 17.2. The highest BCUT2D eigenvalue weighted by Gasteiger charge is 2.30. The van der Waals surface area contributed by atoms with Gasteiger partial charge in [0.25, 0.3) is 0 Å². The Labute approximate surface area is 144 Å². The molecule has 1 aliphatic rings. The van der Waals surface area contributed by atoms with Gasteiger partial charge >= 0.3 is 0 Å². The minimum Gasteiger partial charge on any atom is -0.490 e. The second-order valence-corrected chi connectivity index (χ2v) is 6.37. The van der Waals surface area contributed by atoms with Crippen molar-refractivity contribution >= 4 is 34.0 Å². The van der Waals surface area contributed by atoms with Crippen molar-refractivity contribution in [2.45, 2.75) is 25.1 Å². The summed E-state index contributed by atoms with van der Waals surface area (Å²) in [4.78, 5) is 4.56. The zero-order chi connectivity index (χ0) is 16.5. The minimum absolute atomic E-state index is 0.00288. The van der Waals surface area contributed by atoms with Crippen molar-refractivity contribution in [1.29, 1.82) is 0 Å². The van der Waals surface area contributed by atoms with Gasteiger partial charge in [0, 0.05) is 23.9 Å². The molecule has 1 saturated carbocycles. The fourth-order valence-electron chi connectivity index (χ4n) is 2.74. The van der Waals surface area contributed by atoms with Gasteiger partial charge in [-0.1, -0.05) is 23.7 Å². The molecule has 5 heteroatoms. The summed E-state index contributed by atoms with van der Waals surface area (Å²) in [5.74, 6) is 1.48. The topological polar surface area (TPSA) is 34.1 Å². The Hall–Kier alpha value is -2.33. The zero-order valence-corrected chi connectivity index (χ0v) is 13.6. The predicted octanol–water partition coefficient (Wildman–Crippen LogP) is 5.51. The summed E-state index contributed by atoms with van der Waals surface area (Å²) in [5, 5.41) is 4.89. The Morgan fingerprint density at radius 1 is 1.04 bits per heavy atom. The van der Waals surface area contributed by atoms with Gasteiger partial charge in [-0.25, -0.2) is 9.37 Å². The summed E-state index contributed by atoms with van der Waals surface area (Å²) in [6.07, 6.45) is 0.272. The van der Waals surface area contributed by atoms with Crippen LogP contribution in [0.5, 0.6) is 5.75 Å². The van der Waals surface area contributed by atoms with Crippen molar-refractivity contribution in [2.24, 2.45) is 0 Å². The minimum atomic E-state index is -0.707. The number of hydrogen-bond acceptors (Lipinski definition) is 3. The lowest BCUT2D eigenvalue weighted by molar-refractivity contribution is 0.0410. The summed E-state index contributed by atoms with van der Waals surface area (Å²) in [7, 11) is 0. The Balaban J connectivity index is 1.47. The summed E-state index contributed by atoms with van der Waals surface area (Å²) in [5.41, 5.74) is 1.67. The van der Waals surface area contributed by atoms with Crippen molar-refractivity contribution in [3.63, 3.8) is 0 Å². The molecule has 2 aromatic carbocycles. The van der Waals surface area contributed by atoms with Gasteiger partial charge in [0.05, 0.1) is 10.5 Å². The number of nitrogens with one attached hydrogen (secondary N) is 1. The molecule has 1 N–H and O–H groups in total. The van der Waals surface area contributed by atoms with Crippen LogP contribution >= 0.6 is 11.6 Å². The van der Waals surface area contributed by atoms with E-state index in [4.69, 9.17) is 16.3 Å². The Morgan fingerprint density at radius 2 is 1.83 bits per heavy atom. The maximum atomic E-state index is 12.8. The second kappa shape index (κ2) is 6.29. The maximum absolute atomic E-state index is 12.8. The number of alkyl halides is 1. The largest absolute Gasteiger partial charge is 0.490 e. The number of aromatic nitrogens is 1. The number of nitrogens with zero attached hydrogens (tertiary/aromatic N) is 1. The lowest BCUT2D eigenvalue weighted by Gasteiger charge is -2.30. The van der Waals surface area contributed by atoms with Crippen LogP contribution in [0.1, 0.15) is 12.8 Å². The Bertz CT molecular complexity index is 863. The van der Waals surface area contributed by atoms with Crippen molar-refractivity contribution in [1.82, 2.24) is 4.98 Å². The molecule has 1 aromatic heterocycles. The highest BCUT2D eigenvalue weighted by molar-refractivity contribution is 6.35. The molecule has 0 amide bonds. The first-order valence-corrected chi connectivity index (χ1v) is 8.28. The number of ether oxygens (including phenoxy) is 1. The standard InChI is InChI=1S/C19H16ClFN2O/c20-17-3-1-2-12-4-9-18(23-19(12)17)22-14-5-7-15(8-6-14)24-16-10-13(21)11-16/h1-9,13,16H,10-11H2,(H,22,23).